The molecule has 0 aliphatic carbocycles. The Balaban J connectivity index is 1.69. The van der Waals surface area contributed by atoms with E-state index in [4.69, 9.17) is 4.74 Å². The molecule has 1 aromatic rings. The van der Waals surface area contributed by atoms with Crippen LogP contribution in [0.5, 0.6) is 0 Å². The molecule has 2 aliphatic rings. The number of aryl methyl sites for hydroxylation is 1. The first kappa shape index (κ1) is 15.9. The molecule has 0 radical (unpaired) electrons. The number of hydrogen-bond donors (Lipinski definition) is 0. The van der Waals surface area contributed by atoms with E-state index in [0.29, 0.717) is 13.2 Å². The van der Waals surface area contributed by atoms with Gasteiger partial charge in [0.25, 0.3) is 0 Å². The second-order valence-electron chi connectivity index (χ2n) is 6.16. The average molecular weight is 328 g/mol. The van der Waals surface area contributed by atoms with Crippen molar-refractivity contribution in [2.45, 2.75) is 31.5 Å². The molecule has 2 unspecified atom stereocenters. The van der Waals surface area contributed by atoms with Gasteiger partial charge in [0.1, 0.15) is 5.82 Å². The molecule has 124 valence electrons. The number of likely N-dealkylation sites (tertiary alicyclic amines) is 1. The van der Waals surface area contributed by atoms with Gasteiger partial charge in [-0.2, -0.15) is 4.31 Å². The summed E-state index contributed by atoms with van der Waals surface area (Å²) in [5.41, 5.74) is 0. The highest BCUT2D eigenvalue weighted by molar-refractivity contribution is 7.88. The lowest BCUT2D eigenvalue weighted by molar-refractivity contribution is -0.0407. The largest absolute Gasteiger partial charge is 0.375 e. The number of morpholine rings is 1. The highest BCUT2D eigenvalue weighted by Crippen LogP contribution is 2.26. The Morgan fingerprint density at radius 3 is 2.77 bits per heavy atom. The minimum atomic E-state index is -3.17. The van der Waals surface area contributed by atoms with Crippen LogP contribution in [0.1, 0.15) is 18.7 Å². The predicted octanol–water partition coefficient (Wildman–Crippen LogP) is 0.0449. The van der Waals surface area contributed by atoms with Gasteiger partial charge in [0.15, 0.2) is 0 Å². The fraction of sp³-hybridized carbons (Fsp3) is 0.786. The molecule has 2 fully saturated rings. The average Bonchev–Trinajstić information content (AvgIpc) is 2.74. The Bertz CT molecular complexity index is 615. The molecule has 22 heavy (non-hydrogen) atoms. The fourth-order valence-electron chi connectivity index (χ4n) is 3.42. The summed E-state index contributed by atoms with van der Waals surface area (Å²) in [7, 11) is -1.17. The molecule has 2 aliphatic heterocycles. The second-order valence-corrected chi connectivity index (χ2v) is 8.09. The standard InChI is InChI=1S/C14H24N4O3S/c1-16-8-5-15-14(16)11-17-6-3-12-13(4-7-17)21-10-9-18(12)22(2,19)20/h5,8,12-13H,3-4,6-7,9-11H2,1-2H3. The number of sulfonamides is 1. The maximum Gasteiger partial charge on any atom is 0.211 e. The number of ether oxygens (including phenoxy) is 1. The van der Waals surface area contributed by atoms with Crippen molar-refractivity contribution >= 4 is 10.0 Å². The highest BCUT2D eigenvalue weighted by atomic mass is 32.2. The minimum absolute atomic E-state index is 0.00912. The smallest absolute Gasteiger partial charge is 0.211 e. The summed E-state index contributed by atoms with van der Waals surface area (Å²) in [5, 5.41) is 0. The Hall–Kier alpha value is -0.960. The van der Waals surface area contributed by atoms with E-state index in [9.17, 15) is 8.42 Å². The van der Waals surface area contributed by atoms with E-state index in [0.717, 1.165) is 38.3 Å². The van der Waals surface area contributed by atoms with E-state index in [-0.39, 0.29) is 12.1 Å². The monoisotopic (exact) mass is 328 g/mol. The van der Waals surface area contributed by atoms with Crippen molar-refractivity contribution in [2.75, 3.05) is 32.5 Å². The van der Waals surface area contributed by atoms with Crippen molar-refractivity contribution in [1.29, 1.82) is 0 Å². The molecule has 2 saturated heterocycles. The van der Waals surface area contributed by atoms with Crippen LogP contribution in [0.3, 0.4) is 0 Å². The summed E-state index contributed by atoms with van der Waals surface area (Å²) < 4.78 is 33.5. The summed E-state index contributed by atoms with van der Waals surface area (Å²) in [6.45, 7) is 3.53. The quantitative estimate of drug-likeness (QED) is 0.784. The third-order valence-corrected chi connectivity index (χ3v) is 5.93. The van der Waals surface area contributed by atoms with E-state index in [1.807, 2.05) is 17.8 Å². The van der Waals surface area contributed by atoms with Gasteiger partial charge in [-0.25, -0.2) is 13.4 Å². The zero-order valence-electron chi connectivity index (χ0n) is 13.2. The molecule has 0 spiro atoms. The van der Waals surface area contributed by atoms with Gasteiger partial charge in [0.05, 0.1) is 31.6 Å². The van der Waals surface area contributed by atoms with Crippen LogP contribution in [-0.2, 0) is 28.4 Å². The summed E-state index contributed by atoms with van der Waals surface area (Å²) in [6.07, 6.45) is 6.73. The normalized spacial score (nSPS) is 28.3. The van der Waals surface area contributed by atoms with E-state index in [1.54, 1.807) is 10.5 Å². The fourth-order valence-corrected chi connectivity index (χ4v) is 4.56. The molecule has 0 N–H and O–H groups in total. The van der Waals surface area contributed by atoms with Crippen LogP contribution in [0.15, 0.2) is 12.4 Å². The third kappa shape index (κ3) is 3.34. The Kier molecular flexibility index (Phi) is 4.54. The van der Waals surface area contributed by atoms with Crippen molar-refractivity contribution in [3.63, 3.8) is 0 Å². The molecule has 8 heteroatoms. The first-order valence-electron chi connectivity index (χ1n) is 7.72. The van der Waals surface area contributed by atoms with Crippen LogP contribution in [-0.4, -0.2) is 71.8 Å². The van der Waals surface area contributed by atoms with Crippen LogP contribution < -0.4 is 0 Å². The molecule has 2 atom stereocenters. The molecular weight excluding hydrogens is 304 g/mol. The SMILES string of the molecule is Cn1ccnc1CN1CCC2OCCN(S(C)(=O)=O)C2CC1. The van der Waals surface area contributed by atoms with Crippen molar-refractivity contribution in [1.82, 2.24) is 18.8 Å². The van der Waals surface area contributed by atoms with Crippen LogP contribution in [0, 0.1) is 0 Å². The topological polar surface area (TPSA) is 67.7 Å². The summed E-state index contributed by atoms with van der Waals surface area (Å²) in [5.74, 6) is 1.03. The molecule has 0 aromatic carbocycles. The molecule has 0 saturated carbocycles. The van der Waals surface area contributed by atoms with Gasteiger partial charge in [-0.1, -0.05) is 0 Å². The van der Waals surface area contributed by atoms with Crippen molar-refractivity contribution in [3.8, 4) is 0 Å². The van der Waals surface area contributed by atoms with Gasteiger partial charge >= 0.3 is 0 Å². The zero-order chi connectivity index (χ0) is 15.7. The number of hydrogen-bond acceptors (Lipinski definition) is 5. The van der Waals surface area contributed by atoms with Crippen LogP contribution >= 0.6 is 0 Å². The van der Waals surface area contributed by atoms with Crippen molar-refractivity contribution in [2.24, 2.45) is 7.05 Å². The number of imidazole rings is 1. The van der Waals surface area contributed by atoms with E-state index in [1.165, 1.54) is 6.26 Å². The maximum atomic E-state index is 12.0. The van der Waals surface area contributed by atoms with Crippen LogP contribution in [0.4, 0.5) is 0 Å². The minimum Gasteiger partial charge on any atom is -0.375 e. The number of aromatic nitrogens is 2. The Morgan fingerprint density at radius 2 is 2.09 bits per heavy atom. The lowest BCUT2D eigenvalue weighted by Gasteiger charge is -2.38. The summed E-state index contributed by atoms with van der Waals surface area (Å²) in [6, 6.07) is -0.0323. The second kappa shape index (κ2) is 6.27. The molecule has 7 nitrogen and oxygen atoms in total. The molecule has 1 aromatic heterocycles. The van der Waals surface area contributed by atoms with Gasteiger partial charge in [-0.15, -0.1) is 0 Å². The van der Waals surface area contributed by atoms with Gasteiger partial charge < -0.3 is 9.30 Å². The maximum absolute atomic E-state index is 12.0. The van der Waals surface area contributed by atoms with Crippen LogP contribution in [0.25, 0.3) is 0 Å². The van der Waals surface area contributed by atoms with E-state index >= 15 is 0 Å². The summed E-state index contributed by atoms with van der Waals surface area (Å²) >= 11 is 0. The molecule has 0 amide bonds. The third-order valence-electron chi connectivity index (χ3n) is 4.63. The lowest BCUT2D eigenvalue weighted by Crippen LogP contribution is -2.53. The zero-order valence-corrected chi connectivity index (χ0v) is 14.0. The van der Waals surface area contributed by atoms with Gasteiger partial charge in [-0.3, -0.25) is 4.90 Å². The van der Waals surface area contributed by atoms with E-state index < -0.39 is 10.0 Å². The predicted molar refractivity (Wildman–Crippen MR) is 82.8 cm³/mol. The van der Waals surface area contributed by atoms with Crippen molar-refractivity contribution < 1.29 is 13.2 Å². The first-order chi connectivity index (χ1) is 10.4. The van der Waals surface area contributed by atoms with E-state index in [2.05, 4.69) is 9.88 Å². The lowest BCUT2D eigenvalue weighted by atomic mass is 10.0. The van der Waals surface area contributed by atoms with Crippen molar-refractivity contribution in [3.05, 3.63) is 18.2 Å². The summed E-state index contributed by atoms with van der Waals surface area (Å²) in [4.78, 5) is 6.71. The molecular formula is C14H24N4O3S. The number of fused-ring (bicyclic) bond motifs is 1. The number of rotatable bonds is 3. The van der Waals surface area contributed by atoms with Gasteiger partial charge in [-0.05, 0) is 12.8 Å². The van der Waals surface area contributed by atoms with Gasteiger partial charge in [0.2, 0.25) is 10.0 Å². The van der Waals surface area contributed by atoms with Crippen LogP contribution in [0.2, 0.25) is 0 Å². The Labute approximate surface area is 131 Å². The highest BCUT2D eigenvalue weighted by Gasteiger charge is 2.38. The Morgan fingerprint density at radius 1 is 1.32 bits per heavy atom. The molecule has 3 heterocycles. The number of nitrogens with zero attached hydrogens (tertiary/aromatic N) is 4. The molecule has 3 rings (SSSR count). The first-order valence-corrected chi connectivity index (χ1v) is 9.57. The van der Waals surface area contributed by atoms with Gasteiger partial charge in [0, 0.05) is 39.1 Å². The molecule has 0 bridgehead atoms.